The molecule has 0 bridgehead atoms. The summed E-state index contributed by atoms with van der Waals surface area (Å²) in [6.45, 7) is 2.29. The third kappa shape index (κ3) is 5.34. The normalized spacial score (nSPS) is 20.6. The van der Waals surface area contributed by atoms with Gasteiger partial charge in [-0.1, -0.05) is 58.3 Å². The van der Waals surface area contributed by atoms with Crippen LogP contribution in [0, 0.1) is 5.92 Å². The maximum atomic E-state index is 3.58. The van der Waals surface area contributed by atoms with Gasteiger partial charge in [0.05, 0.1) is 0 Å². The van der Waals surface area contributed by atoms with E-state index in [1.807, 2.05) is 0 Å². The van der Waals surface area contributed by atoms with E-state index in [9.17, 15) is 0 Å². The molecule has 1 atom stereocenters. The zero-order chi connectivity index (χ0) is 11.6. The molecular weight excluding hydrogens is 194 g/mol. The van der Waals surface area contributed by atoms with E-state index >= 15 is 0 Å². The molecule has 0 heterocycles. The Hall–Kier alpha value is -0.0400. The van der Waals surface area contributed by atoms with Gasteiger partial charge in [-0.25, -0.2) is 0 Å². The molecule has 0 spiro atoms. The third-order valence-corrected chi connectivity index (χ3v) is 4.21. The molecule has 1 aliphatic rings. The Kier molecular flexibility index (Phi) is 7.92. The monoisotopic (exact) mass is 225 g/mol. The van der Waals surface area contributed by atoms with Gasteiger partial charge in [-0.15, -0.1) is 0 Å². The van der Waals surface area contributed by atoms with Crippen LogP contribution in [0.15, 0.2) is 0 Å². The van der Waals surface area contributed by atoms with E-state index in [0.717, 1.165) is 12.0 Å². The highest BCUT2D eigenvalue weighted by Crippen LogP contribution is 2.27. The summed E-state index contributed by atoms with van der Waals surface area (Å²) in [4.78, 5) is 0. The van der Waals surface area contributed by atoms with Crippen LogP contribution in [0.25, 0.3) is 0 Å². The smallest absolute Gasteiger partial charge is 0.00923 e. The van der Waals surface area contributed by atoms with Crippen LogP contribution in [0.3, 0.4) is 0 Å². The van der Waals surface area contributed by atoms with Crippen molar-refractivity contribution < 1.29 is 0 Å². The van der Waals surface area contributed by atoms with Crippen molar-refractivity contribution in [2.24, 2.45) is 5.92 Å². The Labute approximate surface area is 102 Å². The van der Waals surface area contributed by atoms with Gasteiger partial charge in [-0.05, 0) is 32.2 Å². The van der Waals surface area contributed by atoms with Gasteiger partial charge in [0.2, 0.25) is 0 Å². The van der Waals surface area contributed by atoms with Crippen LogP contribution in [0.1, 0.15) is 77.6 Å². The molecule has 16 heavy (non-hydrogen) atoms. The lowest BCUT2D eigenvalue weighted by molar-refractivity contribution is 0.311. The van der Waals surface area contributed by atoms with Gasteiger partial charge in [0.25, 0.3) is 0 Å². The fourth-order valence-electron chi connectivity index (χ4n) is 3.12. The van der Waals surface area contributed by atoms with Crippen LogP contribution < -0.4 is 5.32 Å². The lowest BCUT2D eigenvalue weighted by Crippen LogP contribution is -2.33. The Morgan fingerprint density at radius 1 is 1.00 bits per heavy atom. The van der Waals surface area contributed by atoms with E-state index < -0.39 is 0 Å². The molecule has 1 unspecified atom stereocenters. The maximum absolute atomic E-state index is 3.58. The first kappa shape index (κ1) is 14.0. The molecule has 1 fully saturated rings. The minimum absolute atomic E-state index is 0.801. The lowest BCUT2D eigenvalue weighted by Gasteiger charge is -2.25. The molecule has 0 aromatic rings. The van der Waals surface area contributed by atoms with Crippen molar-refractivity contribution in [1.29, 1.82) is 0 Å². The summed E-state index contributed by atoms with van der Waals surface area (Å²) in [6, 6.07) is 0.801. The van der Waals surface area contributed by atoms with E-state index in [1.165, 1.54) is 70.6 Å². The van der Waals surface area contributed by atoms with Crippen molar-refractivity contribution >= 4 is 0 Å². The molecule has 0 aromatic heterocycles. The maximum Gasteiger partial charge on any atom is 0.00923 e. The quantitative estimate of drug-likeness (QED) is 0.496. The molecule has 0 amide bonds. The van der Waals surface area contributed by atoms with Gasteiger partial charge in [0.1, 0.15) is 0 Å². The Balaban J connectivity index is 2.22. The summed E-state index contributed by atoms with van der Waals surface area (Å²) >= 11 is 0. The van der Waals surface area contributed by atoms with Crippen LogP contribution in [0.5, 0.6) is 0 Å². The van der Waals surface area contributed by atoms with Crippen LogP contribution >= 0.6 is 0 Å². The van der Waals surface area contributed by atoms with Crippen molar-refractivity contribution in [3.63, 3.8) is 0 Å². The first-order valence-electron chi connectivity index (χ1n) is 7.55. The first-order chi connectivity index (χ1) is 7.88. The summed E-state index contributed by atoms with van der Waals surface area (Å²) in [7, 11) is 2.16. The summed E-state index contributed by atoms with van der Waals surface area (Å²) in [5, 5.41) is 3.58. The predicted molar refractivity (Wildman–Crippen MR) is 72.8 cm³/mol. The zero-order valence-electron chi connectivity index (χ0n) is 11.4. The minimum Gasteiger partial charge on any atom is -0.317 e. The van der Waals surface area contributed by atoms with Gasteiger partial charge < -0.3 is 5.32 Å². The molecule has 96 valence electrons. The van der Waals surface area contributed by atoms with Crippen molar-refractivity contribution in [3.05, 3.63) is 0 Å². The molecule has 1 rings (SSSR count). The first-order valence-corrected chi connectivity index (χ1v) is 7.55. The van der Waals surface area contributed by atoms with Crippen molar-refractivity contribution in [1.82, 2.24) is 5.32 Å². The summed E-state index contributed by atoms with van der Waals surface area (Å²) in [5.41, 5.74) is 0. The summed E-state index contributed by atoms with van der Waals surface area (Å²) < 4.78 is 0. The van der Waals surface area contributed by atoms with Gasteiger partial charge in [0.15, 0.2) is 0 Å². The van der Waals surface area contributed by atoms with Gasteiger partial charge in [-0.2, -0.15) is 0 Å². The Morgan fingerprint density at radius 2 is 1.69 bits per heavy atom. The topological polar surface area (TPSA) is 12.0 Å². The number of hydrogen-bond acceptors (Lipinski definition) is 1. The number of nitrogens with one attached hydrogen (secondary N) is 1. The fourth-order valence-corrected chi connectivity index (χ4v) is 3.12. The van der Waals surface area contributed by atoms with Crippen LogP contribution in [0.2, 0.25) is 0 Å². The molecule has 1 aliphatic carbocycles. The van der Waals surface area contributed by atoms with Gasteiger partial charge in [-0.3, -0.25) is 0 Å². The Morgan fingerprint density at radius 3 is 2.25 bits per heavy atom. The summed E-state index contributed by atoms with van der Waals surface area (Å²) in [5.74, 6) is 0.967. The SMILES string of the molecule is CCCCCCC(NC)C1CCCCCC1. The second kappa shape index (κ2) is 9.04. The summed E-state index contributed by atoms with van der Waals surface area (Å²) in [6.07, 6.45) is 15.9. The van der Waals surface area contributed by atoms with E-state index in [2.05, 4.69) is 19.3 Å². The highest BCUT2D eigenvalue weighted by molar-refractivity contribution is 4.77. The highest BCUT2D eigenvalue weighted by atomic mass is 14.9. The largest absolute Gasteiger partial charge is 0.317 e. The van der Waals surface area contributed by atoms with E-state index in [1.54, 1.807) is 0 Å². The van der Waals surface area contributed by atoms with Crippen LogP contribution in [-0.2, 0) is 0 Å². The van der Waals surface area contributed by atoms with E-state index in [-0.39, 0.29) is 0 Å². The average Bonchev–Trinajstić information content (AvgIpc) is 2.58. The highest BCUT2D eigenvalue weighted by Gasteiger charge is 2.20. The molecule has 1 nitrogen and oxygen atoms in total. The average molecular weight is 225 g/mol. The minimum atomic E-state index is 0.801. The Bertz CT molecular complexity index is 148. The van der Waals surface area contributed by atoms with E-state index in [0.29, 0.717) is 0 Å². The molecule has 0 radical (unpaired) electrons. The second-order valence-electron chi connectivity index (χ2n) is 5.50. The van der Waals surface area contributed by atoms with Crippen molar-refractivity contribution in [2.45, 2.75) is 83.6 Å². The second-order valence-corrected chi connectivity index (χ2v) is 5.50. The fraction of sp³-hybridized carbons (Fsp3) is 1.00. The van der Waals surface area contributed by atoms with Crippen LogP contribution in [-0.4, -0.2) is 13.1 Å². The number of unbranched alkanes of at least 4 members (excludes halogenated alkanes) is 3. The van der Waals surface area contributed by atoms with Crippen LogP contribution in [0.4, 0.5) is 0 Å². The molecule has 1 saturated carbocycles. The van der Waals surface area contributed by atoms with Crippen molar-refractivity contribution in [2.75, 3.05) is 7.05 Å². The molecule has 1 N–H and O–H groups in total. The number of hydrogen-bond donors (Lipinski definition) is 1. The van der Waals surface area contributed by atoms with E-state index in [4.69, 9.17) is 0 Å². The molecule has 0 saturated heterocycles. The molecular formula is C15H31N. The lowest BCUT2D eigenvalue weighted by atomic mass is 9.88. The molecule has 0 aliphatic heterocycles. The predicted octanol–water partition coefficient (Wildman–Crippen LogP) is 4.52. The third-order valence-electron chi connectivity index (χ3n) is 4.21. The molecule has 1 heteroatoms. The zero-order valence-corrected chi connectivity index (χ0v) is 11.4. The molecule has 0 aromatic carbocycles. The van der Waals surface area contributed by atoms with Gasteiger partial charge >= 0.3 is 0 Å². The van der Waals surface area contributed by atoms with Gasteiger partial charge in [0, 0.05) is 6.04 Å². The van der Waals surface area contributed by atoms with Crippen molar-refractivity contribution in [3.8, 4) is 0 Å². The number of rotatable bonds is 7. The standard InChI is InChI=1S/C15H31N/c1-3-4-5-10-13-15(16-2)14-11-8-6-7-9-12-14/h14-16H,3-13H2,1-2H3.